The van der Waals surface area contributed by atoms with Gasteiger partial charge in [0.25, 0.3) is 0 Å². The van der Waals surface area contributed by atoms with Crippen molar-refractivity contribution in [1.29, 1.82) is 0 Å². The van der Waals surface area contributed by atoms with Gasteiger partial charge in [0.2, 0.25) is 0 Å². The van der Waals surface area contributed by atoms with Crippen molar-refractivity contribution in [3.63, 3.8) is 0 Å². The predicted molar refractivity (Wildman–Crippen MR) is 105 cm³/mol. The molecule has 0 atom stereocenters. The van der Waals surface area contributed by atoms with Crippen molar-refractivity contribution in [2.45, 2.75) is 96.8 Å². The lowest BCUT2D eigenvalue weighted by Crippen LogP contribution is -3.00. The normalized spacial score (nSPS) is 10.4. The van der Waals surface area contributed by atoms with Gasteiger partial charge in [-0.15, -0.1) is 12.4 Å². The van der Waals surface area contributed by atoms with E-state index in [1.165, 1.54) is 96.4 Å². The quantitative estimate of drug-likeness (QED) is 0.319. The van der Waals surface area contributed by atoms with Crippen LogP contribution >= 0.6 is 12.4 Å². The maximum atomic E-state index is 2.29. The van der Waals surface area contributed by atoms with Crippen molar-refractivity contribution in [2.24, 2.45) is 0 Å². The van der Waals surface area contributed by atoms with Crippen LogP contribution in [0.5, 0.6) is 0 Å². The van der Waals surface area contributed by atoms with Crippen molar-refractivity contribution >= 4 is 12.4 Å². The van der Waals surface area contributed by atoms with E-state index in [0.717, 1.165) is 4.48 Å². The van der Waals surface area contributed by atoms with Crippen LogP contribution in [0.25, 0.3) is 0 Å². The smallest absolute Gasteiger partial charge is 0.0780 e. The van der Waals surface area contributed by atoms with Crippen LogP contribution in [0.15, 0.2) is 0 Å². The SMILES string of the molecule is CCCCCCCCCCCCCCCC[N+](C)(C)C.Cl.N.[Br-]. The van der Waals surface area contributed by atoms with E-state index in [1.807, 2.05) is 0 Å². The Morgan fingerprint density at radius 3 is 1.04 bits per heavy atom. The van der Waals surface area contributed by atoms with E-state index in [-0.39, 0.29) is 35.5 Å². The van der Waals surface area contributed by atoms with Gasteiger partial charge in [0.15, 0.2) is 0 Å². The molecule has 0 bridgehead atoms. The lowest BCUT2D eigenvalue weighted by molar-refractivity contribution is -0.870. The average molecular weight is 418 g/mol. The maximum Gasteiger partial charge on any atom is 0.0780 e. The average Bonchev–Trinajstić information content (AvgIpc) is 2.38. The van der Waals surface area contributed by atoms with Gasteiger partial charge in [-0.05, 0) is 12.8 Å². The van der Waals surface area contributed by atoms with E-state index in [4.69, 9.17) is 0 Å². The molecule has 0 spiro atoms. The number of hydrogen-bond donors (Lipinski definition) is 1. The van der Waals surface area contributed by atoms with Gasteiger partial charge in [0.05, 0.1) is 27.7 Å². The summed E-state index contributed by atoms with van der Waals surface area (Å²) in [6.45, 7) is 3.63. The van der Waals surface area contributed by atoms with Crippen LogP contribution in [0, 0.1) is 0 Å². The lowest BCUT2D eigenvalue weighted by Gasteiger charge is -2.23. The zero-order chi connectivity index (χ0) is 15.1. The van der Waals surface area contributed by atoms with Gasteiger partial charge in [-0.2, -0.15) is 0 Å². The third-order valence-electron chi connectivity index (χ3n) is 4.18. The summed E-state index contributed by atoms with van der Waals surface area (Å²) >= 11 is 0. The summed E-state index contributed by atoms with van der Waals surface area (Å²) < 4.78 is 1.12. The highest BCUT2D eigenvalue weighted by atomic mass is 79.9. The first-order valence-electron chi connectivity index (χ1n) is 9.36. The third-order valence-corrected chi connectivity index (χ3v) is 4.18. The van der Waals surface area contributed by atoms with Crippen molar-refractivity contribution in [3.8, 4) is 0 Å². The molecule has 0 amide bonds. The second kappa shape index (κ2) is 22.7. The molecule has 0 aliphatic carbocycles. The van der Waals surface area contributed by atoms with E-state index < -0.39 is 0 Å². The topological polar surface area (TPSA) is 35.0 Å². The highest BCUT2D eigenvalue weighted by molar-refractivity contribution is 5.85. The van der Waals surface area contributed by atoms with Crippen LogP contribution in [0.2, 0.25) is 0 Å². The van der Waals surface area contributed by atoms with E-state index in [2.05, 4.69) is 28.1 Å². The van der Waals surface area contributed by atoms with Gasteiger partial charge < -0.3 is 27.6 Å². The third kappa shape index (κ3) is 31.0. The van der Waals surface area contributed by atoms with Gasteiger partial charge in [-0.1, -0.05) is 84.0 Å². The fourth-order valence-corrected chi connectivity index (χ4v) is 2.78. The molecular formula is C19H46BrClN2. The van der Waals surface area contributed by atoms with Crippen LogP contribution in [-0.2, 0) is 0 Å². The number of unbranched alkanes of at least 4 members (excludes halogenated alkanes) is 13. The number of nitrogens with zero attached hydrogens (tertiary/aromatic N) is 1. The predicted octanol–water partition coefficient (Wildman–Crippen LogP) is 3.76. The fraction of sp³-hybridized carbons (Fsp3) is 1.00. The van der Waals surface area contributed by atoms with Crippen LogP contribution in [0.4, 0.5) is 0 Å². The van der Waals surface area contributed by atoms with Gasteiger partial charge in [-0.25, -0.2) is 0 Å². The first-order chi connectivity index (χ1) is 9.56. The molecule has 2 nitrogen and oxygen atoms in total. The van der Waals surface area contributed by atoms with E-state index >= 15 is 0 Å². The summed E-state index contributed by atoms with van der Waals surface area (Å²) in [4.78, 5) is 0. The Morgan fingerprint density at radius 2 is 0.783 bits per heavy atom. The van der Waals surface area contributed by atoms with Crippen molar-refractivity contribution in [3.05, 3.63) is 0 Å². The summed E-state index contributed by atoms with van der Waals surface area (Å²) in [5, 5.41) is 0. The maximum absolute atomic E-state index is 2.29. The van der Waals surface area contributed by atoms with E-state index in [1.54, 1.807) is 0 Å². The Bertz CT molecular complexity index is 196. The van der Waals surface area contributed by atoms with Crippen molar-refractivity contribution in [1.82, 2.24) is 6.15 Å². The molecular weight excluding hydrogens is 372 g/mol. The number of quaternary nitrogens is 1. The lowest BCUT2D eigenvalue weighted by atomic mass is 10.0. The largest absolute Gasteiger partial charge is 1.00 e. The monoisotopic (exact) mass is 416 g/mol. The molecule has 0 saturated carbocycles. The molecule has 23 heavy (non-hydrogen) atoms. The van der Waals surface area contributed by atoms with Gasteiger partial charge >= 0.3 is 0 Å². The first kappa shape index (κ1) is 31.5. The summed E-state index contributed by atoms with van der Waals surface area (Å²) in [5.41, 5.74) is 0. The summed E-state index contributed by atoms with van der Waals surface area (Å²) in [6.07, 6.45) is 20.4. The zero-order valence-corrected chi connectivity index (χ0v) is 18.9. The Labute approximate surface area is 164 Å². The summed E-state index contributed by atoms with van der Waals surface area (Å²) in [5.74, 6) is 0. The molecule has 146 valence electrons. The van der Waals surface area contributed by atoms with Gasteiger partial charge in [0, 0.05) is 0 Å². The zero-order valence-electron chi connectivity index (χ0n) is 16.5. The molecule has 0 aliphatic heterocycles. The number of hydrogen-bond acceptors (Lipinski definition) is 1. The Balaban J connectivity index is -0.000000602. The fourth-order valence-electron chi connectivity index (χ4n) is 2.78. The van der Waals surface area contributed by atoms with Crippen LogP contribution in [-0.4, -0.2) is 32.2 Å². The molecule has 0 saturated heterocycles. The van der Waals surface area contributed by atoms with E-state index in [9.17, 15) is 0 Å². The molecule has 0 aromatic carbocycles. The molecule has 0 aliphatic rings. The Hall–Kier alpha value is 0.690. The Morgan fingerprint density at radius 1 is 0.522 bits per heavy atom. The summed E-state index contributed by atoms with van der Waals surface area (Å²) in [6, 6.07) is 0. The van der Waals surface area contributed by atoms with Gasteiger partial charge in [0.1, 0.15) is 0 Å². The second-order valence-corrected chi connectivity index (χ2v) is 7.61. The van der Waals surface area contributed by atoms with Crippen molar-refractivity contribution in [2.75, 3.05) is 27.7 Å². The van der Waals surface area contributed by atoms with E-state index in [0.29, 0.717) is 0 Å². The second-order valence-electron chi connectivity index (χ2n) is 7.61. The minimum Gasteiger partial charge on any atom is -1.00 e. The standard InChI is InChI=1S/C19H42N.BrH.ClH.H3N/c1-5-6-7-8-9-10-11-12-13-14-15-16-17-18-19-20(2,3)4;;;/h5-19H2,1-4H3;2*1H;1H3/q+1;;;/p-1. The van der Waals surface area contributed by atoms with Crippen LogP contribution < -0.4 is 23.1 Å². The molecule has 0 aromatic rings. The molecule has 0 fully saturated rings. The molecule has 4 heteroatoms. The molecule has 0 heterocycles. The van der Waals surface area contributed by atoms with Crippen molar-refractivity contribution < 1.29 is 21.5 Å². The minimum atomic E-state index is 0. The number of halogens is 2. The highest BCUT2D eigenvalue weighted by Gasteiger charge is 2.04. The van der Waals surface area contributed by atoms with Crippen LogP contribution in [0.1, 0.15) is 96.8 Å². The summed E-state index contributed by atoms with van der Waals surface area (Å²) in [7, 11) is 6.88. The molecule has 0 aromatic heterocycles. The van der Waals surface area contributed by atoms with Crippen LogP contribution in [0.3, 0.4) is 0 Å². The molecule has 0 radical (unpaired) electrons. The number of rotatable bonds is 15. The Kier molecular flexibility index (Phi) is 31.0. The molecule has 0 rings (SSSR count). The highest BCUT2D eigenvalue weighted by Crippen LogP contribution is 2.13. The first-order valence-corrected chi connectivity index (χ1v) is 9.36. The minimum absolute atomic E-state index is 0. The van der Waals surface area contributed by atoms with Gasteiger partial charge in [-0.3, -0.25) is 0 Å². The molecule has 0 unspecified atom stereocenters. The molecule has 3 N–H and O–H groups in total.